The minimum atomic E-state index is -0.0153. The van der Waals surface area contributed by atoms with Gasteiger partial charge in [0.1, 0.15) is 0 Å². The predicted molar refractivity (Wildman–Crippen MR) is 62.7 cm³/mol. The van der Waals surface area contributed by atoms with E-state index in [0.717, 1.165) is 65.2 Å². The molecule has 17 heavy (non-hydrogen) atoms. The van der Waals surface area contributed by atoms with Crippen molar-refractivity contribution in [1.82, 2.24) is 5.32 Å². The lowest BCUT2D eigenvalue weighted by Crippen LogP contribution is -2.32. The maximum Gasteiger partial charge on any atom is 0.158 e. The molecule has 0 aliphatic carbocycles. The van der Waals surface area contributed by atoms with Crippen LogP contribution in [0.2, 0.25) is 0 Å². The summed E-state index contributed by atoms with van der Waals surface area (Å²) in [6, 6.07) is 0. The first kappa shape index (κ1) is 13.2. The van der Waals surface area contributed by atoms with Crippen molar-refractivity contribution in [2.45, 2.75) is 38.3 Å². The molecule has 0 atom stereocenters. The summed E-state index contributed by atoms with van der Waals surface area (Å²) < 4.78 is 21.9. The van der Waals surface area contributed by atoms with Crippen LogP contribution in [0, 0.1) is 0 Å². The summed E-state index contributed by atoms with van der Waals surface area (Å²) in [5.41, 5.74) is 0. The smallest absolute Gasteiger partial charge is 0.158 e. The van der Waals surface area contributed by atoms with Gasteiger partial charge in [0, 0.05) is 12.8 Å². The number of rotatable bonds is 6. The van der Waals surface area contributed by atoms with Gasteiger partial charge in [-0.15, -0.1) is 0 Å². The molecule has 5 heteroatoms. The molecule has 5 nitrogen and oxygen atoms in total. The van der Waals surface area contributed by atoms with Crippen molar-refractivity contribution in [3.05, 3.63) is 0 Å². The van der Waals surface area contributed by atoms with Crippen LogP contribution in [-0.4, -0.2) is 52.1 Å². The van der Waals surface area contributed by atoms with Crippen molar-refractivity contribution >= 4 is 0 Å². The molecule has 0 bridgehead atoms. The summed E-state index contributed by atoms with van der Waals surface area (Å²) >= 11 is 0. The van der Waals surface area contributed by atoms with Gasteiger partial charge in [0.25, 0.3) is 0 Å². The van der Waals surface area contributed by atoms with E-state index in [1.54, 1.807) is 0 Å². The van der Waals surface area contributed by atoms with Crippen molar-refractivity contribution < 1.29 is 18.9 Å². The Morgan fingerprint density at radius 2 is 1.12 bits per heavy atom. The quantitative estimate of drug-likeness (QED) is 0.704. The SMILES string of the molecule is C1COC(CCNCCC2OCCCO2)OC1. The summed E-state index contributed by atoms with van der Waals surface area (Å²) in [4.78, 5) is 0. The Balaban J connectivity index is 1.42. The van der Waals surface area contributed by atoms with Crippen LogP contribution in [0.5, 0.6) is 0 Å². The largest absolute Gasteiger partial charge is 0.353 e. The number of ether oxygens (including phenoxy) is 4. The van der Waals surface area contributed by atoms with Crippen molar-refractivity contribution in [3.8, 4) is 0 Å². The highest BCUT2D eigenvalue weighted by atomic mass is 16.7. The van der Waals surface area contributed by atoms with Gasteiger partial charge in [-0.25, -0.2) is 0 Å². The van der Waals surface area contributed by atoms with E-state index < -0.39 is 0 Å². The molecule has 0 saturated carbocycles. The van der Waals surface area contributed by atoms with Crippen LogP contribution in [0.25, 0.3) is 0 Å². The Labute approximate surface area is 103 Å². The molecule has 0 radical (unpaired) electrons. The fourth-order valence-electron chi connectivity index (χ4n) is 1.97. The van der Waals surface area contributed by atoms with Gasteiger partial charge in [0.15, 0.2) is 12.6 Å². The van der Waals surface area contributed by atoms with Gasteiger partial charge in [-0.05, 0) is 25.9 Å². The molecular formula is C12H23NO4. The van der Waals surface area contributed by atoms with E-state index in [9.17, 15) is 0 Å². The second-order valence-corrected chi connectivity index (χ2v) is 4.38. The molecule has 0 aromatic heterocycles. The van der Waals surface area contributed by atoms with Gasteiger partial charge in [-0.2, -0.15) is 0 Å². The Morgan fingerprint density at radius 3 is 1.53 bits per heavy atom. The average Bonchev–Trinajstić information content (AvgIpc) is 2.41. The molecule has 100 valence electrons. The average molecular weight is 245 g/mol. The van der Waals surface area contributed by atoms with Crippen LogP contribution >= 0.6 is 0 Å². The third kappa shape index (κ3) is 5.31. The second kappa shape index (κ2) is 8.00. The molecule has 2 heterocycles. The standard InChI is InChI=1S/C12H23NO4/c1-7-14-11(15-8-1)3-5-13-6-4-12-16-9-2-10-17-12/h11-13H,1-10H2. The summed E-state index contributed by atoms with van der Waals surface area (Å²) in [5, 5.41) is 3.36. The lowest BCUT2D eigenvalue weighted by atomic mass is 10.3. The van der Waals surface area contributed by atoms with Crippen LogP contribution in [0.1, 0.15) is 25.7 Å². The van der Waals surface area contributed by atoms with Crippen LogP contribution < -0.4 is 5.32 Å². The molecular weight excluding hydrogens is 222 g/mol. The van der Waals surface area contributed by atoms with Crippen molar-refractivity contribution in [3.63, 3.8) is 0 Å². The van der Waals surface area contributed by atoms with E-state index in [1.165, 1.54) is 0 Å². The lowest BCUT2D eigenvalue weighted by molar-refractivity contribution is -0.182. The summed E-state index contributed by atoms with van der Waals surface area (Å²) in [6.07, 6.45) is 3.82. The predicted octanol–water partition coefficient (Wildman–Crippen LogP) is 0.882. The zero-order chi connectivity index (χ0) is 11.8. The van der Waals surface area contributed by atoms with Gasteiger partial charge >= 0.3 is 0 Å². The van der Waals surface area contributed by atoms with E-state index in [2.05, 4.69) is 5.32 Å². The molecule has 0 aromatic rings. The monoisotopic (exact) mass is 245 g/mol. The Morgan fingerprint density at radius 1 is 0.706 bits per heavy atom. The molecule has 2 saturated heterocycles. The topological polar surface area (TPSA) is 49.0 Å². The van der Waals surface area contributed by atoms with Gasteiger partial charge in [-0.1, -0.05) is 0 Å². The first-order valence-electron chi connectivity index (χ1n) is 6.62. The van der Waals surface area contributed by atoms with Crippen LogP contribution in [0.15, 0.2) is 0 Å². The fourth-order valence-corrected chi connectivity index (χ4v) is 1.97. The molecule has 1 N–H and O–H groups in total. The summed E-state index contributed by atoms with van der Waals surface area (Å²) in [7, 11) is 0. The first-order valence-corrected chi connectivity index (χ1v) is 6.62. The van der Waals surface area contributed by atoms with Gasteiger partial charge in [0.05, 0.1) is 26.4 Å². The molecule has 0 amide bonds. The highest BCUT2D eigenvalue weighted by Gasteiger charge is 2.15. The highest BCUT2D eigenvalue weighted by Crippen LogP contribution is 2.09. The number of hydrogen-bond donors (Lipinski definition) is 1. The minimum absolute atomic E-state index is 0.0153. The van der Waals surface area contributed by atoms with Crippen molar-refractivity contribution in [1.29, 1.82) is 0 Å². The van der Waals surface area contributed by atoms with E-state index in [0.29, 0.717) is 0 Å². The van der Waals surface area contributed by atoms with Crippen LogP contribution in [0.3, 0.4) is 0 Å². The minimum Gasteiger partial charge on any atom is -0.353 e. The zero-order valence-corrected chi connectivity index (χ0v) is 10.4. The van der Waals surface area contributed by atoms with E-state index in [1.807, 2.05) is 0 Å². The molecule has 2 fully saturated rings. The van der Waals surface area contributed by atoms with Gasteiger partial charge < -0.3 is 24.3 Å². The van der Waals surface area contributed by atoms with Crippen molar-refractivity contribution in [2.24, 2.45) is 0 Å². The Kier molecular flexibility index (Phi) is 6.23. The zero-order valence-electron chi connectivity index (χ0n) is 10.4. The Hall–Kier alpha value is -0.200. The maximum absolute atomic E-state index is 5.46. The summed E-state index contributed by atoms with van der Waals surface area (Å²) in [5.74, 6) is 0. The van der Waals surface area contributed by atoms with Gasteiger partial charge in [-0.3, -0.25) is 0 Å². The van der Waals surface area contributed by atoms with E-state index in [4.69, 9.17) is 18.9 Å². The van der Waals surface area contributed by atoms with E-state index >= 15 is 0 Å². The van der Waals surface area contributed by atoms with Gasteiger partial charge in [0.2, 0.25) is 0 Å². The number of hydrogen-bond acceptors (Lipinski definition) is 5. The fraction of sp³-hybridized carbons (Fsp3) is 1.00. The third-order valence-electron chi connectivity index (χ3n) is 2.91. The molecule has 0 aromatic carbocycles. The first-order chi connectivity index (χ1) is 8.45. The summed E-state index contributed by atoms with van der Waals surface area (Å²) in [6.45, 7) is 5.14. The van der Waals surface area contributed by atoms with Crippen LogP contribution in [-0.2, 0) is 18.9 Å². The lowest BCUT2D eigenvalue weighted by Gasteiger charge is -2.24. The molecule has 0 unspecified atom stereocenters. The Bertz CT molecular complexity index is 171. The van der Waals surface area contributed by atoms with E-state index in [-0.39, 0.29) is 12.6 Å². The van der Waals surface area contributed by atoms with Crippen molar-refractivity contribution in [2.75, 3.05) is 39.5 Å². The molecule has 2 aliphatic heterocycles. The third-order valence-corrected chi connectivity index (χ3v) is 2.91. The number of nitrogens with one attached hydrogen (secondary N) is 1. The highest BCUT2D eigenvalue weighted by molar-refractivity contribution is 4.58. The maximum atomic E-state index is 5.46. The van der Waals surface area contributed by atoms with Crippen LogP contribution in [0.4, 0.5) is 0 Å². The molecule has 2 rings (SSSR count). The second-order valence-electron chi connectivity index (χ2n) is 4.38. The normalized spacial score (nSPS) is 24.0. The molecule has 2 aliphatic rings. The molecule has 0 spiro atoms.